The quantitative estimate of drug-likeness (QED) is 0.502. The summed E-state index contributed by atoms with van der Waals surface area (Å²) in [5.74, 6) is -6.32. The molecular formula is C11H10F3NO3. The van der Waals surface area contributed by atoms with Crippen LogP contribution in [0.2, 0.25) is 0 Å². The highest BCUT2D eigenvalue weighted by Crippen LogP contribution is 2.16. The molecule has 0 saturated heterocycles. The van der Waals surface area contributed by atoms with E-state index in [1.165, 1.54) is 0 Å². The lowest BCUT2D eigenvalue weighted by atomic mass is 10.1. The summed E-state index contributed by atoms with van der Waals surface area (Å²) in [7, 11) is 0. The number of rotatable bonds is 3. The maximum Gasteiger partial charge on any atom is 0.330 e. The minimum atomic E-state index is -1.64. The molecular weight excluding hydrogens is 251 g/mol. The molecule has 1 aromatic carbocycles. The second-order valence-electron chi connectivity index (χ2n) is 3.56. The van der Waals surface area contributed by atoms with Crippen LogP contribution in [0.25, 0.3) is 0 Å². The molecule has 0 spiro atoms. The van der Waals surface area contributed by atoms with Crippen molar-refractivity contribution < 1.29 is 27.5 Å². The van der Waals surface area contributed by atoms with Gasteiger partial charge < -0.3 is 10.5 Å². The van der Waals surface area contributed by atoms with Gasteiger partial charge in [0.1, 0.15) is 6.04 Å². The number of hydrogen-bond acceptors (Lipinski definition) is 4. The van der Waals surface area contributed by atoms with Crippen LogP contribution in [-0.2, 0) is 20.7 Å². The lowest BCUT2D eigenvalue weighted by Gasteiger charge is -2.10. The monoisotopic (exact) mass is 261 g/mol. The van der Waals surface area contributed by atoms with Crippen molar-refractivity contribution in [1.29, 1.82) is 0 Å². The predicted octanol–water partition coefficient (Wildman–Crippen LogP) is 1.06. The van der Waals surface area contributed by atoms with E-state index in [-0.39, 0.29) is 5.56 Å². The van der Waals surface area contributed by atoms with Crippen LogP contribution in [0.3, 0.4) is 0 Å². The van der Waals surface area contributed by atoms with E-state index in [9.17, 15) is 22.8 Å². The van der Waals surface area contributed by atoms with Gasteiger partial charge in [-0.1, -0.05) is 6.07 Å². The number of hydrogen-bond donors (Lipinski definition) is 1. The fourth-order valence-corrected chi connectivity index (χ4v) is 1.26. The van der Waals surface area contributed by atoms with Gasteiger partial charge in [-0.05, 0) is 11.6 Å². The molecule has 0 radical (unpaired) electrons. The van der Waals surface area contributed by atoms with Crippen molar-refractivity contribution in [3.05, 3.63) is 35.1 Å². The first-order valence-corrected chi connectivity index (χ1v) is 4.93. The van der Waals surface area contributed by atoms with Gasteiger partial charge in [-0.15, -0.1) is 0 Å². The SMILES string of the molecule is CC(=O)OC(=O)[C@@H](N)Cc1ccc(F)c(F)c1F. The molecule has 0 aliphatic carbocycles. The zero-order valence-electron chi connectivity index (χ0n) is 9.38. The summed E-state index contributed by atoms with van der Waals surface area (Å²) in [4.78, 5) is 21.7. The molecule has 1 atom stereocenters. The molecule has 98 valence electrons. The largest absolute Gasteiger partial charge is 0.392 e. The highest BCUT2D eigenvalue weighted by atomic mass is 19.2. The second kappa shape index (κ2) is 5.63. The van der Waals surface area contributed by atoms with E-state index in [0.29, 0.717) is 0 Å². The Labute approximate surface area is 101 Å². The van der Waals surface area contributed by atoms with Gasteiger partial charge in [-0.25, -0.2) is 18.0 Å². The average Bonchev–Trinajstić information content (AvgIpc) is 2.29. The predicted molar refractivity (Wildman–Crippen MR) is 54.8 cm³/mol. The summed E-state index contributed by atoms with van der Waals surface area (Å²) < 4.78 is 43.0. The van der Waals surface area contributed by atoms with Gasteiger partial charge in [0.05, 0.1) is 0 Å². The summed E-state index contributed by atoms with van der Waals surface area (Å²) >= 11 is 0. The maximum absolute atomic E-state index is 13.3. The minimum Gasteiger partial charge on any atom is -0.392 e. The smallest absolute Gasteiger partial charge is 0.330 e. The van der Waals surface area contributed by atoms with Gasteiger partial charge in [0.25, 0.3) is 0 Å². The zero-order valence-corrected chi connectivity index (χ0v) is 9.38. The Balaban J connectivity index is 2.82. The van der Waals surface area contributed by atoms with Crippen LogP contribution in [0.1, 0.15) is 12.5 Å². The Kier molecular flexibility index (Phi) is 4.43. The van der Waals surface area contributed by atoms with Crippen molar-refractivity contribution in [2.24, 2.45) is 5.73 Å². The molecule has 4 nitrogen and oxygen atoms in total. The number of esters is 2. The summed E-state index contributed by atoms with van der Waals surface area (Å²) in [5.41, 5.74) is 5.07. The van der Waals surface area contributed by atoms with Crippen molar-refractivity contribution in [3.63, 3.8) is 0 Å². The Morgan fingerprint density at radius 1 is 1.28 bits per heavy atom. The first kappa shape index (κ1) is 14.2. The van der Waals surface area contributed by atoms with Gasteiger partial charge in [-0.2, -0.15) is 0 Å². The highest BCUT2D eigenvalue weighted by molar-refractivity contribution is 5.87. The van der Waals surface area contributed by atoms with Crippen molar-refractivity contribution in [2.45, 2.75) is 19.4 Å². The van der Waals surface area contributed by atoms with E-state index >= 15 is 0 Å². The van der Waals surface area contributed by atoms with Gasteiger partial charge in [-0.3, -0.25) is 4.79 Å². The van der Waals surface area contributed by atoms with Gasteiger partial charge in [0.15, 0.2) is 17.5 Å². The standard InChI is InChI=1S/C11H10F3NO3/c1-5(16)18-11(17)8(15)4-6-2-3-7(12)10(14)9(6)13/h2-3,8H,4,15H2,1H3/t8-/m0/s1. The molecule has 1 rings (SSSR count). The average molecular weight is 261 g/mol. The van der Waals surface area contributed by atoms with E-state index in [4.69, 9.17) is 5.73 Å². The summed E-state index contributed by atoms with van der Waals surface area (Å²) in [6.45, 7) is 1.00. The van der Waals surface area contributed by atoms with Gasteiger partial charge >= 0.3 is 11.9 Å². The third-order valence-electron chi connectivity index (χ3n) is 2.10. The van der Waals surface area contributed by atoms with Crippen molar-refractivity contribution in [1.82, 2.24) is 0 Å². The molecule has 0 aliphatic heterocycles. The fraction of sp³-hybridized carbons (Fsp3) is 0.273. The number of benzene rings is 1. The van der Waals surface area contributed by atoms with E-state index in [1.54, 1.807) is 0 Å². The molecule has 0 fully saturated rings. The number of nitrogens with two attached hydrogens (primary N) is 1. The molecule has 0 amide bonds. The van der Waals surface area contributed by atoms with E-state index in [2.05, 4.69) is 4.74 Å². The molecule has 0 aromatic heterocycles. The Morgan fingerprint density at radius 3 is 2.44 bits per heavy atom. The Hall–Kier alpha value is -1.89. The summed E-state index contributed by atoms with van der Waals surface area (Å²) in [5, 5.41) is 0. The van der Waals surface area contributed by atoms with Crippen LogP contribution in [0.5, 0.6) is 0 Å². The van der Waals surface area contributed by atoms with Gasteiger partial charge in [0.2, 0.25) is 0 Å². The molecule has 0 saturated carbocycles. The van der Waals surface area contributed by atoms with Crippen LogP contribution >= 0.6 is 0 Å². The lowest BCUT2D eigenvalue weighted by Crippen LogP contribution is -2.35. The van der Waals surface area contributed by atoms with E-state index in [1.807, 2.05) is 0 Å². The van der Waals surface area contributed by atoms with Crippen molar-refractivity contribution in [2.75, 3.05) is 0 Å². The molecule has 7 heteroatoms. The van der Waals surface area contributed by atoms with Crippen LogP contribution in [0.15, 0.2) is 12.1 Å². The number of ether oxygens (including phenoxy) is 1. The first-order chi connectivity index (χ1) is 8.32. The topological polar surface area (TPSA) is 69.4 Å². The second-order valence-corrected chi connectivity index (χ2v) is 3.56. The fourth-order valence-electron chi connectivity index (χ4n) is 1.26. The van der Waals surface area contributed by atoms with Crippen LogP contribution in [-0.4, -0.2) is 18.0 Å². The molecule has 0 bridgehead atoms. The molecule has 1 aromatic rings. The summed E-state index contributed by atoms with van der Waals surface area (Å²) in [6.07, 6.45) is -0.408. The first-order valence-electron chi connectivity index (χ1n) is 4.93. The highest BCUT2D eigenvalue weighted by Gasteiger charge is 2.21. The number of carbonyl (C=O) groups is 2. The van der Waals surface area contributed by atoms with Crippen molar-refractivity contribution in [3.8, 4) is 0 Å². The number of halogens is 3. The molecule has 18 heavy (non-hydrogen) atoms. The van der Waals surface area contributed by atoms with E-state index in [0.717, 1.165) is 19.1 Å². The van der Waals surface area contributed by atoms with Crippen molar-refractivity contribution >= 4 is 11.9 Å². The van der Waals surface area contributed by atoms with Gasteiger partial charge in [0, 0.05) is 13.3 Å². The maximum atomic E-state index is 13.3. The third kappa shape index (κ3) is 3.30. The number of carbonyl (C=O) groups excluding carboxylic acids is 2. The third-order valence-corrected chi connectivity index (χ3v) is 2.10. The molecule has 0 aliphatic rings. The molecule has 0 heterocycles. The summed E-state index contributed by atoms with van der Waals surface area (Å²) in [6, 6.07) is 0.346. The van der Waals surface area contributed by atoms with Crippen LogP contribution < -0.4 is 5.73 Å². The van der Waals surface area contributed by atoms with Crippen LogP contribution in [0.4, 0.5) is 13.2 Å². The lowest BCUT2D eigenvalue weighted by molar-refractivity contribution is -0.159. The van der Waals surface area contributed by atoms with E-state index < -0.39 is 41.9 Å². The minimum absolute atomic E-state index is 0.276. The Morgan fingerprint density at radius 2 is 1.89 bits per heavy atom. The normalized spacial score (nSPS) is 12.1. The molecule has 0 unspecified atom stereocenters. The van der Waals surface area contributed by atoms with Crippen LogP contribution in [0, 0.1) is 17.5 Å². The molecule has 2 N–H and O–H groups in total. The zero-order chi connectivity index (χ0) is 13.9. The Bertz CT molecular complexity index is 491.